The van der Waals surface area contributed by atoms with Crippen molar-refractivity contribution in [3.8, 4) is 11.5 Å². The Hall–Kier alpha value is -1.02. The molecule has 0 spiro atoms. The molecule has 0 saturated carbocycles. The Balaban J connectivity index is 0.00000320. The van der Waals surface area contributed by atoms with Crippen LogP contribution < -0.4 is 27.2 Å². The molecule has 0 aromatic heterocycles. The van der Waals surface area contributed by atoms with Crippen molar-refractivity contribution >= 4 is 27.5 Å². The third-order valence-corrected chi connectivity index (χ3v) is 5.69. The number of methoxy groups -OCH3 is 1. The molecular weight excluding hydrogens is 491 g/mol. The number of rotatable bonds is 10. The number of nitrogens with one attached hydrogen (secondary N) is 1. The molecule has 1 saturated heterocycles. The number of ether oxygens (including phenoxy) is 3. The van der Waals surface area contributed by atoms with E-state index in [0.29, 0.717) is 17.4 Å². The number of halogens is 3. The lowest BCUT2D eigenvalue weighted by atomic mass is 10.2. The highest BCUT2D eigenvalue weighted by molar-refractivity contribution is 9.10. The number of nitrogens with zero attached hydrogens (tertiary/aromatic N) is 1. The van der Waals surface area contributed by atoms with Crippen molar-refractivity contribution in [1.82, 2.24) is 10.2 Å². The van der Waals surface area contributed by atoms with Crippen molar-refractivity contribution < 1.29 is 26.6 Å². The molecule has 30 heavy (non-hydrogen) atoms. The second kappa shape index (κ2) is 13.4. The molecule has 166 valence electrons. The van der Waals surface area contributed by atoms with Gasteiger partial charge in [0.2, 0.25) is 0 Å². The van der Waals surface area contributed by atoms with Gasteiger partial charge in [-0.3, -0.25) is 4.90 Å². The Morgan fingerprint density at radius 2 is 1.87 bits per heavy atom. The zero-order valence-electron chi connectivity index (χ0n) is 17.1. The summed E-state index contributed by atoms with van der Waals surface area (Å²) in [6.45, 7) is 7.12. The van der Waals surface area contributed by atoms with Crippen LogP contribution in [0.3, 0.4) is 0 Å². The Morgan fingerprint density at radius 3 is 2.57 bits per heavy atom. The van der Waals surface area contributed by atoms with Gasteiger partial charge in [0.1, 0.15) is 6.61 Å². The molecule has 0 radical (unpaired) electrons. The SMILES string of the molecule is COc1cc(CNCCCN2CCOCC2)cc(Br)c1OCc1ccc(Cl)cc1.[Cl-]. The molecule has 3 rings (SSSR count). The molecule has 2 aromatic carbocycles. The molecule has 1 heterocycles. The van der Waals surface area contributed by atoms with Gasteiger partial charge in [-0.15, -0.1) is 0 Å². The monoisotopic (exact) mass is 517 g/mol. The minimum atomic E-state index is 0. The Kier molecular flexibility index (Phi) is 11.3. The van der Waals surface area contributed by atoms with Gasteiger partial charge in [0, 0.05) is 24.7 Å². The van der Waals surface area contributed by atoms with E-state index in [1.165, 1.54) is 0 Å². The van der Waals surface area contributed by atoms with Crippen LogP contribution in [0.2, 0.25) is 5.02 Å². The van der Waals surface area contributed by atoms with Crippen molar-refractivity contribution in [1.29, 1.82) is 0 Å². The fourth-order valence-electron chi connectivity index (χ4n) is 3.24. The molecule has 5 nitrogen and oxygen atoms in total. The summed E-state index contributed by atoms with van der Waals surface area (Å²) in [7, 11) is 1.66. The number of hydrogen-bond acceptors (Lipinski definition) is 5. The van der Waals surface area contributed by atoms with Gasteiger partial charge in [0.25, 0.3) is 0 Å². The predicted molar refractivity (Wildman–Crippen MR) is 120 cm³/mol. The summed E-state index contributed by atoms with van der Waals surface area (Å²) < 4.78 is 17.8. The molecule has 0 atom stereocenters. The van der Waals surface area contributed by atoms with Gasteiger partial charge in [0.15, 0.2) is 11.5 Å². The van der Waals surface area contributed by atoms with Gasteiger partial charge in [0.05, 0.1) is 24.8 Å². The molecular formula is C22H28BrCl2N2O3-. The van der Waals surface area contributed by atoms with Crippen molar-refractivity contribution in [3.05, 3.63) is 57.0 Å². The van der Waals surface area contributed by atoms with E-state index in [2.05, 4.69) is 32.2 Å². The first-order valence-electron chi connectivity index (χ1n) is 9.90. The molecule has 0 aliphatic carbocycles. The third kappa shape index (κ3) is 7.91. The van der Waals surface area contributed by atoms with Crippen molar-refractivity contribution in [3.63, 3.8) is 0 Å². The lowest BCUT2D eigenvalue weighted by molar-refractivity contribution is -0.00000781. The van der Waals surface area contributed by atoms with Gasteiger partial charge >= 0.3 is 0 Å². The van der Waals surface area contributed by atoms with E-state index in [9.17, 15) is 0 Å². The zero-order valence-corrected chi connectivity index (χ0v) is 20.2. The van der Waals surface area contributed by atoms with E-state index in [-0.39, 0.29) is 12.4 Å². The maximum Gasteiger partial charge on any atom is 0.175 e. The molecule has 0 unspecified atom stereocenters. The largest absolute Gasteiger partial charge is 1.00 e. The minimum Gasteiger partial charge on any atom is -1.00 e. The van der Waals surface area contributed by atoms with Crippen molar-refractivity contribution in [2.45, 2.75) is 19.6 Å². The normalized spacial score (nSPS) is 14.2. The van der Waals surface area contributed by atoms with E-state index in [0.717, 1.165) is 73.7 Å². The summed E-state index contributed by atoms with van der Waals surface area (Å²) in [4.78, 5) is 2.46. The molecule has 0 bridgehead atoms. The van der Waals surface area contributed by atoms with E-state index in [1.54, 1.807) is 7.11 Å². The topological polar surface area (TPSA) is 43.0 Å². The Labute approximate surface area is 198 Å². The summed E-state index contributed by atoms with van der Waals surface area (Å²) in [5, 5.41) is 4.23. The lowest BCUT2D eigenvalue weighted by Gasteiger charge is -2.26. The average Bonchev–Trinajstić information content (AvgIpc) is 2.74. The highest BCUT2D eigenvalue weighted by Gasteiger charge is 2.13. The maximum atomic E-state index is 6.00. The van der Waals surface area contributed by atoms with Gasteiger partial charge in [-0.1, -0.05) is 23.7 Å². The summed E-state index contributed by atoms with van der Waals surface area (Å²) in [6, 6.07) is 11.7. The van der Waals surface area contributed by atoms with Crippen LogP contribution in [0.25, 0.3) is 0 Å². The fourth-order valence-corrected chi connectivity index (χ4v) is 3.97. The van der Waals surface area contributed by atoms with Crippen LogP contribution in [0.4, 0.5) is 0 Å². The zero-order chi connectivity index (χ0) is 20.5. The smallest absolute Gasteiger partial charge is 0.175 e. The Bertz CT molecular complexity index is 772. The highest BCUT2D eigenvalue weighted by atomic mass is 79.9. The molecule has 1 aliphatic heterocycles. The number of hydrogen-bond donors (Lipinski definition) is 1. The molecule has 1 fully saturated rings. The van der Waals surface area contributed by atoms with Gasteiger partial charge in [-0.2, -0.15) is 0 Å². The van der Waals surface area contributed by atoms with Crippen LogP contribution >= 0.6 is 27.5 Å². The van der Waals surface area contributed by atoms with Crippen molar-refractivity contribution in [2.24, 2.45) is 0 Å². The molecule has 8 heteroatoms. The first kappa shape index (κ1) is 25.2. The highest BCUT2D eigenvalue weighted by Crippen LogP contribution is 2.37. The van der Waals surface area contributed by atoms with Crippen LogP contribution in [-0.2, 0) is 17.9 Å². The number of benzene rings is 2. The summed E-state index contributed by atoms with van der Waals surface area (Å²) in [6.07, 6.45) is 1.13. The quantitative estimate of drug-likeness (QED) is 0.483. The van der Waals surface area contributed by atoms with Crippen LogP contribution in [0.15, 0.2) is 40.9 Å². The summed E-state index contributed by atoms with van der Waals surface area (Å²) >= 11 is 9.56. The van der Waals surface area contributed by atoms with E-state index in [4.69, 9.17) is 25.8 Å². The predicted octanol–water partition coefficient (Wildman–Crippen LogP) is 1.51. The average molecular weight is 519 g/mol. The van der Waals surface area contributed by atoms with E-state index >= 15 is 0 Å². The van der Waals surface area contributed by atoms with Crippen LogP contribution in [0.5, 0.6) is 11.5 Å². The Morgan fingerprint density at radius 1 is 1.13 bits per heavy atom. The number of morpholine rings is 1. The van der Waals surface area contributed by atoms with E-state index < -0.39 is 0 Å². The minimum absolute atomic E-state index is 0. The maximum absolute atomic E-state index is 6.00. The van der Waals surface area contributed by atoms with Gasteiger partial charge in [-0.05, 0) is 70.8 Å². The second-order valence-corrected chi connectivity index (χ2v) is 8.30. The molecule has 1 N–H and O–H groups in total. The fraction of sp³-hybridized carbons (Fsp3) is 0.455. The lowest BCUT2D eigenvalue weighted by Crippen LogP contribution is -3.00. The molecule has 0 amide bonds. The first-order chi connectivity index (χ1) is 14.2. The standard InChI is InChI=1S/C22H28BrClN2O3.ClH/c1-27-21-14-18(15-25-7-2-8-26-9-11-28-12-10-26)13-20(23)22(21)29-16-17-3-5-19(24)6-4-17;/h3-6,13-14,25H,2,7-12,15-16H2,1H3;1H/p-1. The third-order valence-electron chi connectivity index (χ3n) is 4.85. The second-order valence-electron chi connectivity index (χ2n) is 7.01. The molecule has 1 aliphatic rings. The van der Waals surface area contributed by atoms with Crippen LogP contribution in [0, 0.1) is 0 Å². The van der Waals surface area contributed by atoms with Gasteiger partial charge < -0.3 is 31.9 Å². The summed E-state index contributed by atoms with van der Waals surface area (Å²) in [5.41, 5.74) is 2.20. The van der Waals surface area contributed by atoms with Gasteiger partial charge in [-0.25, -0.2) is 0 Å². The first-order valence-corrected chi connectivity index (χ1v) is 11.1. The van der Waals surface area contributed by atoms with Crippen LogP contribution in [-0.4, -0.2) is 51.4 Å². The van der Waals surface area contributed by atoms with E-state index in [1.807, 2.05) is 30.3 Å². The molecule has 2 aromatic rings. The summed E-state index contributed by atoms with van der Waals surface area (Å²) in [5.74, 6) is 1.43. The van der Waals surface area contributed by atoms with Crippen LogP contribution in [0.1, 0.15) is 17.5 Å². The van der Waals surface area contributed by atoms with Crippen molar-refractivity contribution in [2.75, 3.05) is 46.5 Å².